The third kappa shape index (κ3) is 3.07. The number of methoxy groups -OCH3 is 1. The van der Waals surface area contributed by atoms with E-state index >= 15 is 0 Å². The van der Waals surface area contributed by atoms with Crippen molar-refractivity contribution >= 4 is 0 Å². The highest BCUT2D eigenvalue weighted by molar-refractivity contribution is 5.37. The first-order valence-electron chi connectivity index (χ1n) is 6.62. The zero-order valence-corrected chi connectivity index (χ0v) is 11.9. The Balaban J connectivity index is 2.27. The molecule has 0 aromatic heterocycles. The van der Waals surface area contributed by atoms with Crippen molar-refractivity contribution in [3.8, 4) is 5.75 Å². The van der Waals surface area contributed by atoms with Crippen LogP contribution in [0.2, 0.25) is 0 Å². The van der Waals surface area contributed by atoms with E-state index in [0.717, 1.165) is 12.0 Å². The Morgan fingerprint density at radius 1 is 1.47 bits per heavy atom. The monoisotopic (exact) mass is 268 g/mol. The molecule has 0 unspecified atom stereocenters. The molecule has 2 atom stereocenters. The number of hydrogen-bond donors (Lipinski definition) is 0. The molecule has 19 heavy (non-hydrogen) atoms. The molecule has 0 aliphatic carbocycles. The summed E-state index contributed by atoms with van der Waals surface area (Å²) in [5.74, 6) is -0.136. The lowest BCUT2D eigenvalue weighted by atomic mass is 9.90. The quantitative estimate of drug-likeness (QED) is 0.836. The lowest BCUT2D eigenvalue weighted by molar-refractivity contribution is -0.141. The average molecular weight is 268 g/mol. The molecule has 1 aromatic carbocycles. The molecule has 0 radical (unpaired) electrons. The standard InChI is InChI=1S/C15H21FO3/c1-5-11(14-9-18-15(2,3)19-14)12-7-6-10(16)8-13(12)17-4/h6-8,11,14H,5,9H2,1-4H3/t11-,14+/m1/s1. The van der Waals surface area contributed by atoms with Crippen LogP contribution in [0.1, 0.15) is 38.7 Å². The van der Waals surface area contributed by atoms with Crippen LogP contribution in [0.15, 0.2) is 18.2 Å². The molecule has 2 rings (SSSR count). The molecule has 0 N–H and O–H groups in total. The second kappa shape index (κ2) is 5.47. The van der Waals surface area contributed by atoms with Crippen LogP contribution < -0.4 is 4.74 Å². The van der Waals surface area contributed by atoms with E-state index in [4.69, 9.17) is 14.2 Å². The van der Waals surface area contributed by atoms with Crippen molar-refractivity contribution < 1.29 is 18.6 Å². The summed E-state index contributed by atoms with van der Waals surface area (Å²) in [4.78, 5) is 0. The van der Waals surface area contributed by atoms with Crippen LogP contribution in [0, 0.1) is 5.82 Å². The van der Waals surface area contributed by atoms with Crippen molar-refractivity contribution in [3.05, 3.63) is 29.6 Å². The molecule has 0 saturated carbocycles. The van der Waals surface area contributed by atoms with Gasteiger partial charge in [0.25, 0.3) is 0 Å². The Bertz CT molecular complexity index is 445. The Morgan fingerprint density at radius 3 is 2.74 bits per heavy atom. The maximum atomic E-state index is 13.3. The van der Waals surface area contributed by atoms with E-state index in [1.807, 2.05) is 13.8 Å². The Labute approximate surface area is 113 Å². The van der Waals surface area contributed by atoms with Crippen molar-refractivity contribution in [1.82, 2.24) is 0 Å². The molecule has 4 heteroatoms. The minimum atomic E-state index is -0.550. The van der Waals surface area contributed by atoms with E-state index < -0.39 is 5.79 Å². The number of benzene rings is 1. The van der Waals surface area contributed by atoms with Crippen LogP contribution in [-0.2, 0) is 9.47 Å². The van der Waals surface area contributed by atoms with Crippen molar-refractivity contribution in [3.63, 3.8) is 0 Å². The summed E-state index contributed by atoms with van der Waals surface area (Å²) in [5, 5.41) is 0. The van der Waals surface area contributed by atoms with Crippen molar-refractivity contribution in [2.75, 3.05) is 13.7 Å². The normalized spacial score (nSPS) is 23.3. The smallest absolute Gasteiger partial charge is 0.163 e. The van der Waals surface area contributed by atoms with Crippen molar-refractivity contribution in [1.29, 1.82) is 0 Å². The Hall–Kier alpha value is -1.13. The molecule has 1 aromatic rings. The van der Waals surface area contributed by atoms with Crippen LogP contribution in [0.25, 0.3) is 0 Å². The first kappa shape index (κ1) is 14.3. The summed E-state index contributed by atoms with van der Waals surface area (Å²) in [6.45, 7) is 6.44. The number of ether oxygens (including phenoxy) is 3. The summed E-state index contributed by atoms with van der Waals surface area (Å²) < 4.78 is 30.1. The highest BCUT2D eigenvalue weighted by Crippen LogP contribution is 2.38. The van der Waals surface area contributed by atoms with Gasteiger partial charge in [0.05, 0.1) is 19.8 Å². The van der Waals surface area contributed by atoms with Crippen LogP contribution in [0.5, 0.6) is 5.75 Å². The predicted molar refractivity (Wildman–Crippen MR) is 70.9 cm³/mol. The number of halogens is 1. The zero-order valence-electron chi connectivity index (χ0n) is 11.9. The summed E-state index contributed by atoms with van der Waals surface area (Å²) in [6, 6.07) is 4.65. The maximum absolute atomic E-state index is 13.3. The fourth-order valence-corrected chi connectivity index (χ4v) is 2.59. The van der Waals surface area contributed by atoms with Gasteiger partial charge < -0.3 is 14.2 Å². The third-order valence-electron chi connectivity index (χ3n) is 3.51. The third-order valence-corrected chi connectivity index (χ3v) is 3.51. The predicted octanol–water partition coefficient (Wildman–Crippen LogP) is 3.48. The number of hydrogen-bond acceptors (Lipinski definition) is 3. The van der Waals surface area contributed by atoms with Gasteiger partial charge in [-0.25, -0.2) is 4.39 Å². The van der Waals surface area contributed by atoms with Gasteiger partial charge >= 0.3 is 0 Å². The highest BCUT2D eigenvalue weighted by Gasteiger charge is 2.38. The lowest BCUT2D eigenvalue weighted by Gasteiger charge is -2.25. The molecule has 0 spiro atoms. The topological polar surface area (TPSA) is 27.7 Å². The van der Waals surface area contributed by atoms with Gasteiger partial charge in [-0.1, -0.05) is 13.0 Å². The van der Waals surface area contributed by atoms with E-state index in [2.05, 4.69) is 6.92 Å². The fourth-order valence-electron chi connectivity index (χ4n) is 2.59. The minimum Gasteiger partial charge on any atom is -0.496 e. The molecule has 3 nitrogen and oxygen atoms in total. The van der Waals surface area contributed by atoms with Gasteiger partial charge in [0.15, 0.2) is 5.79 Å². The van der Waals surface area contributed by atoms with Gasteiger partial charge in [0.2, 0.25) is 0 Å². The van der Waals surface area contributed by atoms with Gasteiger partial charge in [0.1, 0.15) is 11.6 Å². The first-order valence-corrected chi connectivity index (χ1v) is 6.62. The fraction of sp³-hybridized carbons (Fsp3) is 0.600. The van der Waals surface area contributed by atoms with Crippen LogP contribution in [-0.4, -0.2) is 25.6 Å². The van der Waals surface area contributed by atoms with Gasteiger partial charge in [0, 0.05) is 17.5 Å². The largest absolute Gasteiger partial charge is 0.496 e. The molecule has 106 valence electrons. The van der Waals surface area contributed by atoms with Crippen molar-refractivity contribution in [2.24, 2.45) is 0 Å². The van der Waals surface area contributed by atoms with Crippen LogP contribution >= 0.6 is 0 Å². The molecular formula is C15H21FO3. The molecule has 1 heterocycles. The van der Waals surface area contributed by atoms with Crippen molar-refractivity contribution in [2.45, 2.75) is 45.0 Å². The molecule has 0 amide bonds. The maximum Gasteiger partial charge on any atom is 0.163 e. The Kier molecular flexibility index (Phi) is 4.11. The highest BCUT2D eigenvalue weighted by atomic mass is 19.1. The van der Waals surface area contributed by atoms with Crippen LogP contribution in [0.3, 0.4) is 0 Å². The van der Waals surface area contributed by atoms with Gasteiger partial charge in [-0.3, -0.25) is 0 Å². The van der Waals surface area contributed by atoms with Gasteiger partial charge in [-0.15, -0.1) is 0 Å². The SMILES string of the molecule is CC[C@H](c1ccc(F)cc1OC)[C@@H]1COC(C)(C)O1. The van der Waals surface area contributed by atoms with E-state index in [-0.39, 0.29) is 17.8 Å². The summed E-state index contributed by atoms with van der Waals surface area (Å²) in [7, 11) is 1.56. The zero-order chi connectivity index (χ0) is 14.0. The second-order valence-electron chi connectivity index (χ2n) is 5.27. The molecule has 1 aliphatic rings. The van der Waals surface area contributed by atoms with E-state index in [0.29, 0.717) is 12.4 Å². The number of rotatable bonds is 4. The average Bonchev–Trinajstić information content (AvgIpc) is 2.72. The molecule has 1 saturated heterocycles. The van der Waals surface area contributed by atoms with E-state index in [1.54, 1.807) is 13.2 Å². The van der Waals surface area contributed by atoms with E-state index in [9.17, 15) is 4.39 Å². The summed E-state index contributed by atoms with van der Waals surface area (Å²) in [6.07, 6.45) is 0.853. The van der Waals surface area contributed by atoms with Gasteiger partial charge in [-0.2, -0.15) is 0 Å². The minimum absolute atomic E-state index is 0.0284. The lowest BCUT2D eigenvalue weighted by Crippen LogP contribution is -2.25. The van der Waals surface area contributed by atoms with Gasteiger partial charge in [-0.05, 0) is 26.3 Å². The second-order valence-corrected chi connectivity index (χ2v) is 5.27. The summed E-state index contributed by atoms with van der Waals surface area (Å²) >= 11 is 0. The first-order chi connectivity index (χ1) is 8.96. The molecular weight excluding hydrogens is 247 g/mol. The van der Waals surface area contributed by atoms with E-state index in [1.165, 1.54) is 12.1 Å². The molecule has 1 fully saturated rings. The molecule has 0 bridgehead atoms. The summed E-state index contributed by atoms with van der Waals surface area (Å²) in [5.41, 5.74) is 0.970. The van der Waals surface area contributed by atoms with Crippen LogP contribution in [0.4, 0.5) is 4.39 Å². The Morgan fingerprint density at radius 2 is 2.21 bits per heavy atom. The molecule has 1 aliphatic heterocycles.